The van der Waals surface area contributed by atoms with Crippen LogP contribution in [0.1, 0.15) is 16.8 Å². The minimum atomic E-state index is -0.289. The van der Waals surface area contributed by atoms with Crippen LogP contribution >= 0.6 is 15.9 Å². The van der Waals surface area contributed by atoms with Gasteiger partial charge in [0.15, 0.2) is 6.61 Å². The maximum Gasteiger partial charge on any atom is 0.262 e. The first kappa shape index (κ1) is 21.9. The van der Waals surface area contributed by atoms with Gasteiger partial charge < -0.3 is 20.3 Å². The molecule has 2 N–H and O–H groups in total. The summed E-state index contributed by atoms with van der Waals surface area (Å²) in [6.45, 7) is 1.10. The van der Waals surface area contributed by atoms with Crippen molar-refractivity contribution in [3.8, 4) is 5.75 Å². The smallest absolute Gasteiger partial charge is 0.262 e. The summed E-state index contributed by atoms with van der Waals surface area (Å²) in [6.07, 6.45) is 0.874. The van der Waals surface area contributed by atoms with E-state index in [9.17, 15) is 9.59 Å². The van der Waals surface area contributed by atoms with Crippen LogP contribution in [0.4, 0.5) is 11.4 Å². The molecule has 1 aliphatic heterocycles. The lowest BCUT2D eigenvalue weighted by atomic mass is 10.1. The van der Waals surface area contributed by atoms with E-state index in [2.05, 4.69) is 26.6 Å². The Balaban J connectivity index is 1.34. The highest BCUT2D eigenvalue weighted by Crippen LogP contribution is 2.24. The molecule has 3 aromatic carbocycles. The summed E-state index contributed by atoms with van der Waals surface area (Å²) in [7, 11) is 0. The molecule has 1 heterocycles. The van der Waals surface area contributed by atoms with Crippen molar-refractivity contribution in [1.29, 1.82) is 0 Å². The van der Waals surface area contributed by atoms with Crippen LogP contribution in [0.3, 0.4) is 0 Å². The molecule has 0 aromatic heterocycles. The molecule has 164 valence electrons. The number of carbonyl (C=O) groups is 2. The fourth-order valence-electron chi connectivity index (χ4n) is 3.65. The van der Waals surface area contributed by atoms with Gasteiger partial charge in [-0.05, 0) is 55.0 Å². The molecule has 0 spiro atoms. The van der Waals surface area contributed by atoms with Gasteiger partial charge in [-0.1, -0.05) is 46.3 Å². The fourth-order valence-corrected chi connectivity index (χ4v) is 3.91. The number of halogens is 1. The van der Waals surface area contributed by atoms with Gasteiger partial charge in [0.2, 0.25) is 0 Å². The Bertz CT molecular complexity index is 1070. The minimum Gasteiger partial charge on any atom is -0.483 e. The summed E-state index contributed by atoms with van der Waals surface area (Å²) < 4.78 is 6.65. The first-order chi connectivity index (χ1) is 15.6. The average Bonchev–Trinajstić information content (AvgIpc) is 3.28. The second-order valence-electron chi connectivity index (χ2n) is 7.59. The zero-order valence-corrected chi connectivity index (χ0v) is 19.0. The van der Waals surface area contributed by atoms with E-state index in [1.54, 1.807) is 36.4 Å². The standard InChI is InChI=1S/C25H24BrN3O3/c26-18-10-12-20(13-11-18)28-24(30)17-32-23-9-5-4-8-22(23)25(31)29-15-14-21(16-29)27-19-6-2-1-3-7-19/h1-13,21,27H,14-17H2,(H,28,30). The molecular formula is C25H24BrN3O3. The van der Waals surface area contributed by atoms with Gasteiger partial charge in [-0.15, -0.1) is 0 Å². The maximum atomic E-state index is 13.1. The Labute approximate surface area is 195 Å². The summed E-state index contributed by atoms with van der Waals surface area (Å²) in [5.74, 6) is 0.0251. The summed E-state index contributed by atoms with van der Waals surface area (Å²) in [5, 5.41) is 6.26. The molecule has 4 rings (SSSR count). The Hall–Kier alpha value is -3.32. The van der Waals surface area contributed by atoms with Crippen LogP contribution in [0, 0.1) is 0 Å². The van der Waals surface area contributed by atoms with E-state index in [-0.39, 0.29) is 24.5 Å². The molecule has 1 aliphatic rings. The molecular weight excluding hydrogens is 470 g/mol. The van der Waals surface area contributed by atoms with Crippen LogP contribution in [0.2, 0.25) is 0 Å². The second-order valence-corrected chi connectivity index (χ2v) is 8.50. The summed E-state index contributed by atoms with van der Waals surface area (Å²) in [5.41, 5.74) is 2.19. The Morgan fingerprint density at radius 2 is 1.66 bits per heavy atom. The topological polar surface area (TPSA) is 70.7 Å². The Morgan fingerprint density at radius 3 is 2.44 bits per heavy atom. The van der Waals surface area contributed by atoms with Crippen LogP contribution in [-0.4, -0.2) is 42.5 Å². The van der Waals surface area contributed by atoms with Crippen molar-refractivity contribution in [3.05, 3.63) is 88.9 Å². The minimum absolute atomic E-state index is 0.0914. The number of nitrogens with one attached hydrogen (secondary N) is 2. The van der Waals surface area contributed by atoms with Crippen molar-refractivity contribution < 1.29 is 14.3 Å². The van der Waals surface area contributed by atoms with Crippen LogP contribution in [-0.2, 0) is 4.79 Å². The van der Waals surface area contributed by atoms with Gasteiger partial charge >= 0.3 is 0 Å². The number of hydrogen-bond acceptors (Lipinski definition) is 4. The normalized spacial score (nSPS) is 15.3. The number of ether oxygens (including phenoxy) is 1. The van der Waals surface area contributed by atoms with Gasteiger partial charge in [-0.2, -0.15) is 0 Å². The zero-order chi connectivity index (χ0) is 22.3. The molecule has 3 aromatic rings. The lowest BCUT2D eigenvalue weighted by Gasteiger charge is -2.19. The van der Waals surface area contributed by atoms with E-state index in [0.717, 1.165) is 16.6 Å². The lowest BCUT2D eigenvalue weighted by molar-refractivity contribution is -0.118. The third-order valence-corrected chi connectivity index (χ3v) is 5.75. The van der Waals surface area contributed by atoms with Crippen molar-refractivity contribution in [3.63, 3.8) is 0 Å². The maximum absolute atomic E-state index is 13.1. The molecule has 1 saturated heterocycles. The SMILES string of the molecule is O=C(COc1ccccc1C(=O)N1CCC(Nc2ccccc2)C1)Nc1ccc(Br)cc1. The number of anilines is 2. The largest absolute Gasteiger partial charge is 0.483 e. The average molecular weight is 494 g/mol. The van der Waals surface area contributed by atoms with Crippen molar-refractivity contribution in [2.45, 2.75) is 12.5 Å². The van der Waals surface area contributed by atoms with E-state index in [1.165, 1.54) is 0 Å². The van der Waals surface area contributed by atoms with Gasteiger partial charge in [-0.3, -0.25) is 9.59 Å². The third-order valence-electron chi connectivity index (χ3n) is 5.22. The Morgan fingerprint density at radius 1 is 0.938 bits per heavy atom. The number of carbonyl (C=O) groups excluding carboxylic acids is 2. The summed E-state index contributed by atoms with van der Waals surface area (Å²) in [4.78, 5) is 27.2. The van der Waals surface area contributed by atoms with Crippen LogP contribution in [0.5, 0.6) is 5.75 Å². The van der Waals surface area contributed by atoms with Crippen LogP contribution in [0.15, 0.2) is 83.3 Å². The van der Waals surface area contributed by atoms with E-state index in [4.69, 9.17) is 4.74 Å². The molecule has 0 bridgehead atoms. The van der Waals surface area contributed by atoms with Crippen LogP contribution in [0.25, 0.3) is 0 Å². The number of rotatable bonds is 7. The summed E-state index contributed by atoms with van der Waals surface area (Å²) >= 11 is 3.37. The van der Waals surface area contributed by atoms with Crippen molar-refractivity contribution in [1.82, 2.24) is 4.90 Å². The number of benzene rings is 3. The fraction of sp³-hybridized carbons (Fsp3) is 0.200. The molecule has 1 unspecified atom stereocenters. The lowest BCUT2D eigenvalue weighted by Crippen LogP contribution is -2.32. The monoisotopic (exact) mass is 493 g/mol. The van der Waals surface area contributed by atoms with Crippen molar-refractivity contribution in [2.24, 2.45) is 0 Å². The molecule has 1 atom stereocenters. The predicted octanol–water partition coefficient (Wildman–Crippen LogP) is 4.79. The molecule has 0 radical (unpaired) electrons. The van der Waals surface area contributed by atoms with E-state index >= 15 is 0 Å². The molecule has 0 saturated carbocycles. The molecule has 7 heteroatoms. The molecule has 0 aliphatic carbocycles. The first-order valence-corrected chi connectivity index (χ1v) is 11.3. The molecule has 1 fully saturated rings. The molecule has 6 nitrogen and oxygen atoms in total. The number of likely N-dealkylation sites (tertiary alicyclic amines) is 1. The molecule has 32 heavy (non-hydrogen) atoms. The number of amides is 2. The summed E-state index contributed by atoms with van der Waals surface area (Å²) in [6, 6.07) is 24.5. The highest BCUT2D eigenvalue weighted by Gasteiger charge is 2.28. The molecule has 2 amide bonds. The van der Waals surface area contributed by atoms with Crippen molar-refractivity contribution in [2.75, 3.05) is 30.3 Å². The van der Waals surface area contributed by atoms with Gasteiger partial charge in [0.1, 0.15) is 5.75 Å². The Kier molecular flexibility index (Phi) is 7.07. The van der Waals surface area contributed by atoms with Crippen LogP contribution < -0.4 is 15.4 Å². The van der Waals surface area contributed by atoms with Gasteiger partial charge in [0.05, 0.1) is 5.56 Å². The highest BCUT2D eigenvalue weighted by atomic mass is 79.9. The van der Waals surface area contributed by atoms with Gasteiger partial charge in [0.25, 0.3) is 11.8 Å². The van der Waals surface area contributed by atoms with E-state index < -0.39 is 0 Å². The number of hydrogen-bond donors (Lipinski definition) is 2. The van der Waals surface area contributed by atoms with E-state index in [1.807, 2.05) is 47.4 Å². The highest BCUT2D eigenvalue weighted by molar-refractivity contribution is 9.10. The zero-order valence-electron chi connectivity index (χ0n) is 17.5. The van der Waals surface area contributed by atoms with E-state index in [0.29, 0.717) is 30.1 Å². The number of para-hydroxylation sites is 2. The quantitative estimate of drug-likeness (QED) is 0.496. The number of nitrogens with zero attached hydrogens (tertiary/aromatic N) is 1. The third kappa shape index (κ3) is 5.68. The second kappa shape index (κ2) is 10.3. The predicted molar refractivity (Wildman–Crippen MR) is 129 cm³/mol. The van der Waals surface area contributed by atoms with Gasteiger partial charge in [0, 0.05) is 35.0 Å². The van der Waals surface area contributed by atoms with Crippen molar-refractivity contribution >= 4 is 39.1 Å². The van der Waals surface area contributed by atoms with Gasteiger partial charge in [-0.25, -0.2) is 0 Å². The first-order valence-electron chi connectivity index (χ1n) is 10.5.